The van der Waals surface area contributed by atoms with E-state index < -0.39 is 0 Å². The van der Waals surface area contributed by atoms with Gasteiger partial charge in [-0.15, -0.1) is 0 Å². The standard InChI is InChI=1S/C12H23N/c1-6-8-12(10(3)4)11(7-2)9-13-5/h7-8,10,13H,6,9H2,1-5H3/b11-7-,12-8-. The summed E-state index contributed by atoms with van der Waals surface area (Å²) >= 11 is 0. The zero-order valence-electron chi connectivity index (χ0n) is 9.65. The zero-order chi connectivity index (χ0) is 10.3. The van der Waals surface area contributed by atoms with E-state index in [9.17, 15) is 0 Å². The Balaban J connectivity index is 4.61. The van der Waals surface area contributed by atoms with E-state index in [1.165, 1.54) is 11.1 Å². The maximum absolute atomic E-state index is 3.20. The van der Waals surface area contributed by atoms with Crippen molar-refractivity contribution in [3.8, 4) is 0 Å². The van der Waals surface area contributed by atoms with Crippen molar-refractivity contribution in [2.24, 2.45) is 5.92 Å². The first-order valence-corrected chi connectivity index (χ1v) is 5.17. The molecule has 0 rings (SSSR count). The van der Waals surface area contributed by atoms with Gasteiger partial charge in [0.2, 0.25) is 0 Å². The fraction of sp³-hybridized carbons (Fsp3) is 0.667. The number of rotatable bonds is 5. The molecular formula is C12H23N. The van der Waals surface area contributed by atoms with Crippen molar-refractivity contribution in [2.45, 2.75) is 34.1 Å². The molecule has 0 heterocycles. The largest absolute Gasteiger partial charge is 0.316 e. The second-order valence-electron chi connectivity index (χ2n) is 3.57. The summed E-state index contributed by atoms with van der Waals surface area (Å²) in [6.45, 7) is 9.77. The van der Waals surface area contributed by atoms with E-state index >= 15 is 0 Å². The first kappa shape index (κ1) is 12.4. The Labute approximate surface area is 82.9 Å². The van der Waals surface area contributed by atoms with Gasteiger partial charge in [0, 0.05) is 6.54 Å². The molecule has 0 radical (unpaired) electrons. The molecule has 0 saturated carbocycles. The molecule has 0 aliphatic heterocycles. The highest BCUT2D eigenvalue weighted by Gasteiger charge is 2.06. The Bertz CT molecular complexity index is 187. The number of likely N-dealkylation sites (N-methyl/N-ethyl adjacent to an activating group) is 1. The molecule has 1 nitrogen and oxygen atoms in total. The fourth-order valence-corrected chi connectivity index (χ4v) is 1.52. The van der Waals surface area contributed by atoms with Crippen LogP contribution in [0.2, 0.25) is 0 Å². The lowest BCUT2D eigenvalue weighted by molar-refractivity contribution is 0.747. The molecule has 0 atom stereocenters. The van der Waals surface area contributed by atoms with Crippen molar-refractivity contribution in [1.29, 1.82) is 0 Å². The van der Waals surface area contributed by atoms with Gasteiger partial charge in [-0.05, 0) is 37.5 Å². The minimum atomic E-state index is 0.625. The van der Waals surface area contributed by atoms with Gasteiger partial charge in [0.1, 0.15) is 0 Å². The SMILES string of the molecule is C/C=C(CNC)\C(=C/CC)C(C)C. The third kappa shape index (κ3) is 4.28. The molecule has 1 heteroatoms. The predicted molar refractivity (Wildman–Crippen MR) is 60.9 cm³/mol. The summed E-state index contributed by atoms with van der Waals surface area (Å²) in [4.78, 5) is 0. The summed E-state index contributed by atoms with van der Waals surface area (Å²) in [5, 5.41) is 3.20. The Morgan fingerprint density at radius 2 is 2.00 bits per heavy atom. The number of hydrogen-bond donors (Lipinski definition) is 1. The highest BCUT2D eigenvalue weighted by Crippen LogP contribution is 2.19. The fourth-order valence-electron chi connectivity index (χ4n) is 1.52. The van der Waals surface area contributed by atoms with Crippen LogP contribution in [0.3, 0.4) is 0 Å². The Kier molecular flexibility index (Phi) is 6.61. The number of nitrogens with one attached hydrogen (secondary N) is 1. The monoisotopic (exact) mass is 181 g/mol. The summed E-state index contributed by atoms with van der Waals surface area (Å²) in [5.74, 6) is 0.625. The van der Waals surface area contributed by atoms with Crippen LogP contribution in [0.15, 0.2) is 23.3 Å². The smallest absolute Gasteiger partial charge is 0.0201 e. The number of allylic oxidation sites excluding steroid dienone is 2. The van der Waals surface area contributed by atoms with Gasteiger partial charge in [0.15, 0.2) is 0 Å². The minimum absolute atomic E-state index is 0.625. The highest BCUT2D eigenvalue weighted by molar-refractivity contribution is 5.32. The molecule has 0 aliphatic rings. The first-order chi connectivity index (χ1) is 6.17. The van der Waals surface area contributed by atoms with E-state index in [1.54, 1.807) is 0 Å². The van der Waals surface area contributed by atoms with E-state index in [-0.39, 0.29) is 0 Å². The first-order valence-electron chi connectivity index (χ1n) is 5.17. The lowest BCUT2D eigenvalue weighted by atomic mass is 9.94. The molecule has 1 N–H and O–H groups in total. The molecule has 0 unspecified atom stereocenters. The Morgan fingerprint density at radius 3 is 2.31 bits per heavy atom. The average molecular weight is 181 g/mol. The molecule has 0 saturated heterocycles. The van der Waals surface area contributed by atoms with Crippen LogP contribution in [-0.4, -0.2) is 13.6 Å². The van der Waals surface area contributed by atoms with Crippen LogP contribution in [0.1, 0.15) is 34.1 Å². The molecule has 0 aromatic rings. The van der Waals surface area contributed by atoms with Gasteiger partial charge >= 0.3 is 0 Å². The molecule has 0 aromatic heterocycles. The minimum Gasteiger partial charge on any atom is -0.316 e. The van der Waals surface area contributed by atoms with E-state index in [2.05, 4.69) is 45.2 Å². The molecule has 0 fully saturated rings. The molecule has 0 aromatic carbocycles. The second kappa shape index (κ2) is 6.90. The van der Waals surface area contributed by atoms with Crippen LogP contribution < -0.4 is 5.32 Å². The second-order valence-corrected chi connectivity index (χ2v) is 3.57. The van der Waals surface area contributed by atoms with Crippen LogP contribution in [-0.2, 0) is 0 Å². The van der Waals surface area contributed by atoms with Crippen LogP contribution >= 0.6 is 0 Å². The molecule has 0 aliphatic carbocycles. The van der Waals surface area contributed by atoms with Gasteiger partial charge in [0.05, 0.1) is 0 Å². The Morgan fingerprint density at radius 1 is 1.38 bits per heavy atom. The average Bonchev–Trinajstić information content (AvgIpc) is 2.10. The van der Waals surface area contributed by atoms with E-state index in [0.29, 0.717) is 5.92 Å². The van der Waals surface area contributed by atoms with Crippen molar-refractivity contribution < 1.29 is 0 Å². The van der Waals surface area contributed by atoms with Crippen molar-refractivity contribution in [1.82, 2.24) is 5.32 Å². The molecule has 13 heavy (non-hydrogen) atoms. The van der Waals surface area contributed by atoms with E-state index in [4.69, 9.17) is 0 Å². The van der Waals surface area contributed by atoms with E-state index in [0.717, 1.165) is 13.0 Å². The van der Waals surface area contributed by atoms with Crippen LogP contribution in [0.25, 0.3) is 0 Å². The lowest BCUT2D eigenvalue weighted by Crippen LogP contribution is -2.14. The van der Waals surface area contributed by atoms with Gasteiger partial charge in [-0.3, -0.25) is 0 Å². The predicted octanol–water partition coefficient (Wildman–Crippen LogP) is 3.14. The summed E-state index contributed by atoms with van der Waals surface area (Å²) in [5.41, 5.74) is 2.92. The zero-order valence-corrected chi connectivity index (χ0v) is 9.65. The molecular weight excluding hydrogens is 158 g/mol. The van der Waals surface area contributed by atoms with Crippen molar-refractivity contribution in [2.75, 3.05) is 13.6 Å². The maximum Gasteiger partial charge on any atom is 0.0201 e. The van der Waals surface area contributed by atoms with E-state index in [1.807, 2.05) is 7.05 Å². The highest BCUT2D eigenvalue weighted by atomic mass is 14.8. The third-order valence-electron chi connectivity index (χ3n) is 2.13. The topological polar surface area (TPSA) is 12.0 Å². The van der Waals surface area contributed by atoms with Crippen LogP contribution in [0.5, 0.6) is 0 Å². The molecule has 0 amide bonds. The summed E-state index contributed by atoms with van der Waals surface area (Å²) in [6.07, 6.45) is 5.66. The van der Waals surface area contributed by atoms with Gasteiger partial charge in [-0.1, -0.05) is 32.9 Å². The van der Waals surface area contributed by atoms with Crippen molar-refractivity contribution in [3.05, 3.63) is 23.3 Å². The number of hydrogen-bond acceptors (Lipinski definition) is 1. The normalized spacial score (nSPS) is 14.0. The van der Waals surface area contributed by atoms with Crippen molar-refractivity contribution in [3.63, 3.8) is 0 Å². The Hall–Kier alpha value is -0.560. The van der Waals surface area contributed by atoms with Gasteiger partial charge in [0.25, 0.3) is 0 Å². The summed E-state index contributed by atoms with van der Waals surface area (Å²) in [6, 6.07) is 0. The van der Waals surface area contributed by atoms with Gasteiger partial charge in [-0.2, -0.15) is 0 Å². The third-order valence-corrected chi connectivity index (χ3v) is 2.13. The maximum atomic E-state index is 3.20. The molecule has 0 bridgehead atoms. The van der Waals surface area contributed by atoms with Crippen molar-refractivity contribution >= 4 is 0 Å². The quantitative estimate of drug-likeness (QED) is 0.642. The van der Waals surface area contributed by atoms with Gasteiger partial charge < -0.3 is 5.32 Å². The summed E-state index contributed by atoms with van der Waals surface area (Å²) in [7, 11) is 1.99. The summed E-state index contributed by atoms with van der Waals surface area (Å²) < 4.78 is 0. The van der Waals surface area contributed by atoms with Crippen LogP contribution in [0.4, 0.5) is 0 Å². The lowest BCUT2D eigenvalue weighted by Gasteiger charge is -2.15. The van der Waals surface area contributed by atoms with Crippen LogP contribution in [0, 0.1) is 5.92 Å². The van der Waals surface area contributed by atoms with Gasteiger partial charge in [-0.25, -0.2) is 0 Å². The molecule has 0 spiro atoms. The molecule has 76 valence electrons.